The molecule has 3 aromatic heterocycles. The van der Waals surface area contributed by atoms with Crippen LogP contribution in [0.1, 0.15) is 35.3 Å². The highest BCUT2D eigenvalue weighted by Crippen LogP contribution is 2.41. The van der Waals surface area contributed by atoms with Crippen molar-refractivity contribution in [2.45, 2.75) is 25.9 Å². The topological polar surface area (TPSA) is 105 Å². The summed E-state index contributed by atoms with van der Waals surface area (Å²) in [7, 11) is 0. The van der Waals surface area contributed by atoms with Crippen molar-refractivity contribution in [3.8, 4) is 22.9 Å². The van der Waals surface area contributed by atoms with Gasteiger partial charge in [0.25, 0.3) is 5.91 Å². The van der Waals surface area contributed by atoms with Crippen molar-refractivity contribution in [1.29, 1.82) is 5.26 Å². The third kappa shape index (κ3) is 3.36. The molecule has 0 atom stereocenters. The molecular weight excluding hydrogens is 392 g/mol. The number of carbonyl (C=O) groups excluding carboxylic acids is 1. The second-order valence-corrected chi connectivity index (χ2v) is 8.02. The summed E-state index contributed by atoms with van der Waals surface area (Å²) >= 11 is 0. The minimum atomic E-state index is -0.332. The summed E-state index contributed by atoms with van der Waals surface area (Å²) < 4.78 is 7.63. The molecule has 0 fully saturated rings. The third-order valence-electron chi connectivity index (χ3n) is 5.15. The van der Waals surface area contributed by atoms with Gasteiger partial charge in [-0.2, -0.15) is 10.4 Å². The number of anilines is 1. The van der Waals surface area contributed by atoms with Crippen molar-refractivity contribution >= 4 is 17.2 Å². The lowest BCUT2D eigenvalue weighted by molar-refractivity contribution is 0.102. The van der Waals surface area contributed by atoms with Crippen LogP contribution in [0.15, 0.2) is 55.2 Å². The van der Waals surface area contributed by atoms with Gasteiger partial charge in [0.1, 0.15) is 23.0 Å². The molecule has 4 aromatic rings. The summed E-state index contributed by atoms with van der Waals surface area (Å²) in [5, 5.41) is 16.5. The first-order valence-electron chi connectivity index (χ1n) is 9.75. The molecule has 0 radical (unpaired) electrons. The van der Waals surface area contributed by atoms with Gasteiger partial charge in [0.2, 0.25) is 0 Å². The Bertz CT molecular complexity index is 1380. The van der Waals surface area contributed by atoms with Gasteiger partial charge in [0, 0.05) is 53.6 Å². The van der Waals surface area contributed by atoms with E-state index < -0.39 is 0 Å². The SMILES string of the molecule is CC1(C)Cc2cc(NC(=O)c3cnn4cccnc34)c(-c3cncc(C#N)c3)cc2O1. The largest absolute Gasteiger partial charge is 0.487 e. The van der Waals surface area contributed by atoms with Crippen molar-refractivity contribution in [1.82, 2.24) is 19.6 Å². The Kier molecular flexibility index (Phi) is 4.19. The Labute approximate surface area is 178 Å². The number of nitrogens with one attached hydrogen (secondary N) is 1. The van der Waals surface area contributed by atoms with Gasteiger partial charge in [-0.15, -0.1) is 0 Å². The molecule has 0 bridgehead atoms. The molecule has 5 rings (SSSR count). The normalized spacial score (nSPS) is 14.0. The molecule has 0 saturated heterocycles. The van der Waals surface area contributed by atoms with E-state index in [2.05, 4.69) is 26.5 Å². The summed E-state index contributed by atoms with van der Waals surface area (Å²) in [6, 6.07) is 9.41. The van der Waals surface area contributed by atoms with Crippen LogP contribution in [0.4, 0.5) is 5.69 Å². The van der Waals surface area contributed by atoms with Crippen molar-refractivity contribution in [2.24, 2.45) is 0 Å². The number of rotatable bonds is 3. The summed E-state index contributed by atoms with van der Waals surface area (Å²) in [4.78, 5) is 21.5. The van der Waals surface area contributed by atoms with E-state index >= 15 is 0 Å². The molecule has 1 aliphatic heterocycles. The first kappa shape index (κ1) is 18.8. The molecule has 152 valence electrons. The third-order valence-corrected chi connectivity index (χ3v) is 5.15. The molecule has 1 aromatic carbocycles. The Morgan fingerprint density at radius 1 is 1.26 bits per heavy atom. The molecule has 0 aliphatic carbocycles. The Morgan fingerprint density at radius 2 is 2.13 bits per heavy atom. The van der Waals surface area contributed by atoms with Crippen LogP contribution < -0.4 is 10.1 Å². The molecular formula is C23H18N6O2. The first-order chi connectivity index (χ1) is 14.9. The zero-order valence-electron chi connectivity index (χ0n) is 17.0. The van der Waals surface area contributed by atoms with Gasteiger partial charge in [-0.05, 0) is 38.1 Å². The van der Waals surface area contributed by atoms with Gasteiger partial charge in [0.05, 0.1) is 11.8 Å². The lowest BCUT2D eigenvalue weighted by atomic mass is 9.97. The second-order valence-electron chi connectivity index (χ2n) is 8.02. The zero-order valence-corrected chi connectivity index (χ0v) is 17.0. The van der Waals surface area contributed by atoms with Gasteiger partial charge < -0.3 is 10.1 Å². The van der Waals surface area contributed by atoms with Crippen molar-refractivity contribution in [3.05, 3.63) is 71.9 Å². The first-order valence-corrected chi connectivity index (χ1v) is 9.75. The molecule has 8 nitrogen and oxygen atoms in total. The number of amides is 1. The number of ether oxygens (including phenoxy) is 1. The number of pyridine rings is 1. The molecule has 4 heterocycles. The van der Waals surface area contributed by atoms with E-state index in [1.165, 1.54) is 12.4 Å². The Hall–Kier alpha value is -4.25. The van der Waals surface area contributed by atoms with E-state index in [1.54, 1.807) is 35.2 Å². The minimum absolute atomic E-state index is 0.322. The van der Waals surface area contributed by atoms with Crippen LogP contribution in [-0.2, 0) is 6.42 Å². The highest BCUT2D eigenvalue weighted by molar-refractivity contribution is 6.09. The number of nitrogens with zero attached hydrogens (tertiary/aromatic N) is 5. The van der Waals surface area contributed by atoms with Gasteiger partial charge >= 0.3 is 0 Å². The minimum Gasteiger partial charge on any atom is -0.487 e. The lowest BCUT2D eigenvalue weighted by Gasteiger charge is -2.17. The molecule has 1 N–H and O–H groups in total. The van der Waals surface area contributed by atoms with Crippen LogP contribution in [-0.4, -0.2) is 31.1 Å². The average molecular weight is 410 g/mol. The van der Waals surface area contributed by atoms with Crippen LogP contribution in [0.25, 0.3) is 16.8 Å². The number of carbonyl (C=O) groups is 1. The molecule has 0 saturated carbocycles. The number of aromatic nitrogens is 4. The van der Waals surface area contributed by atoms with Crippen molar-refractivity contribution < 1.29 is 9.53 Å². The van der Waals surface area contributed by atoms with E-state index in [1.807, 2.05) is 26.0 Å². The van der Waals surface area contributed by atoms with Crippen LogP contribution >= 0.6 is 0 Å². The predicted molar refractivity (Wildman–Crippen MR) is 114 cm³/mol. The Morgan fingerprint density at radius 3 is 2.97 bits per heavy atom. The van der Waals surface area contributed by atoms with Gasteiger partial charge in [-0.1, -0.05) is 0 Å². The number of hydrogen-bond donors (Lipinski definition) is 1. The summed E-state index contributed by atoms with van der Waals surface area (Å²) in [6.07, 6.45) is 8.73. The van der Waals surface area contributed by atoms with Gasteiger partial charge in [-0.25, -0.2) is 9.50 Å². The fraction of sp³-hybridized carbons (Fsp3) is 0.174. The number of hydrogen-bond acceptors (Lipinski definition) is 6. The number of fused-ring (bicyclic) bond motifs is 2. The maximum atomic E-state index is 13.1. The fourth-order valence-electron chi connectivity index (χ4n) is 3.82. The predicted octanol–water partition coefficient (Wildman–Crippen LogP) is 3.63. The molecule has 8 heteroatoms. The average Bonchev–Trinajstić information content (AvgIpc) is 3.32. The van der Waals surface area contributed by atoms with Crippen LogP contribution in [0.2, 0.25) is 0 Å². The fourth-order valence-corrected chi connectivity index (χ4v) is 3.82. The molecule has 1 amide bonds. The second kappa shape index (κ2) is 6.92. The number of nitriles is 1. The quantitative estimate of drug-likeness (QED) is 0.553. The maximum absolute atomic E-state index is 13.1. The van der Waals surface area contributed by atoms with Crippen molar-refractivity contribution in [3.63, 3.8) is 0 Å². The van der Waals surface area contributed by atoms with E-state index in [9.17, 15) is 10.1 Å². The molecule has 0 spiro atoms. The number of benzene rings is 1. The van der Waals surface area contributed by atoms with E-state index in [0.717, 1.165) is 23.3 Å². The highest BCUT2D eigenvalue weighted by Gasteiger charge is 2.31. The zero-order chi connectivity index (χ0) is 21.6. The van der Waals surface area contributed by atoms with Gasteiger partial charge in [-0.3, -0.25) is 9.78 Å². The molecule has 0 unspecified atom stereocenters. The molecule has 31 heavy (non-hydrogen) atoms. The van der Waals surface area contributed by atoms with E-state index in [-0.39, 0.29) is 11.5 Å². The maximum Gasteiger partial charge on any atom is 0.261 e. The monoisotopic (exact) mass is 410 g/mol. The van der Waals surface area contributed by atoms with Gasteiger partial charge in [0.15, 0.2) is 5.65 Å². The summed E-state index contributed by atoms with van der Waals surface area (Å²) in [5.41, 5.74) is 3.99. The van der Waals surface area contributed by atoms with E-state index in [4.69, 9.17) is 4.74 Å². The smallest absolute Gasteiger partial charge is 0.261 e. The Balaban J connectivity index is 1.60. The standard InChI is InChI=1S/C23H18N6O2/c1-23(2)9-15-7-19(28-22(30)18-13-27-29-5-3-4-26-21(18)29)17(8-20(15)31-23)16-6-14(10-24)11-25-12-16/h3-8,11-13H,9H2,1-2H3,(H,28,30). The highest BCUT2D eigenvalue weighted by atomic mass is 16.5. The van der Waals surface area contributed by atoms with Crippen LogP contribution in [0.5, 0.6) is 5.75 Å². The van der Waals surface area contributed by atoms with E-state index in [0.29, 0.717) is 28.0 Å². The van der Waals surface area contributed by atoms with Crippen molar-refractivity contribution in [2.75, 3.05) is 5.32 Å². The summed E-state index contributed by atoms with van der Waals surface area (Å²) in [5.74, 6) is 0.440. The molecule has 1 aliphatic rings. The van der Waals surface area contributed by atoms with Crippen LogP contribution in [0.3, 0.4) is 0 Å². The van der Waals surface area contributed by atoms with Crippen LogP contribution in [0, 0.1) is 11.3 Å². The summed E-state index contributed by atoms with van der Waals surface area (Å²) in [6.45, 7) is 4.04. The lowest BCUT2D eigenvalue weighted by Crippen LogP contribution is -2.24.